The Morgan fingerprint density at radius 3 is 2.76 bits per heavy atom. The molecule has 25 heavy (non-hydrogen) atoms. The highest BCUT2D eigenvalue weighted by Crippen LogP contribution is 2.34. The molecule has 0 saturated heterocycles. The zero-order valence-electron chi connectivity index (χ0n) is 14.7. The summed E-state index contributed by atoms with van der Waals surface area (Å²) in [5.74, 6) is -0.310. The number of fused-ring (bicyclic) bond motifs is 1. The molecule has 0 radical (unpaired) electrons. The highest BCUT2D eigenvalue weighted by atomic mass is 32.1. The van der Waals surface area contributed by atoms with Gasteiger partial charge in [-0.3, -0.25) is 0 Å². The van der Waals surface area contributed by atoms with Gasteiger partial charge in [0.15, 0.2) is 5.11 Å². The normalized spacial score (nSPS) is 13.3. The molecule has 0 unspecified atom stereocenters. The summed E-state index contributed by atoms with van der Waals surface area (Å²) in [6.45, 7) is 5.74. The van der Waals surface area contributed by atoms with Crippen LogP contribution in [0.25, 0.3) is 0 Å². The standard InChI is InChI=1S/C19H22N2O2S2/c1-4-15-12(2)25-17(16(15)18(22)23-3)20-19(24)21-10-9-13-7-5-6-8-14(13)11-21/h5-8H,4,9-11H2,1-3H3,(H,20,24). The van der Waals surface area contributed by atoms with Crippen LogP contribution in [0, 0.1) is 6.92 Å². The Morgan fingerprint density at radius 1 is 1.36 bits per heavy atom. The fraction of sp³-hybridized carbons (Fsp3) is 0.368. The molecule has 1 aliphatic heterocycles. The zero-order chi connectivity index (χ0) is 18.0. The lowest BCUT2D eigenvalue weighted by Gasteiger charge is -2.31. The molecule has 2 heterocycles. The minimum absolute atomic E-state index is 0.310. The van der Waals surface area contributed by atoms with E-state index in [1.54, 1.807) is 11.3 Å². The van der Waals surface area contributed by atoms with Crippen LogP contribution in [0.5, 0.6) is 0 Å². The molecule has 2 aromatic rings. The van der Waals surface area contributed by atoms with Gasteiger partial charge in [0.05, 0.1) is 12.7 Å². The molecule has 6 heteroatoms. The quantitative estimate of drug-likeness (QED) is 0.645. The molecule has 1 aromatic carbocycles. The molecule has 0 amide bonds. The van der Waals surface area contributed by atoms with Crippen molar-refractivity contribution in [3.05, 3.63) is 51.4 Å². The van der Waals surface area contributed by atoms with Crippen LogP contribution in [0.15, 0.2) is 24.3 Å². The van der Waals surface area contributed by atoms with E-state index in [1.807, 2.05) is 13.8 Å². The van der Waals surface area contributed by atoms with Crippen molar-refractivity contribution in [1.29, 1.82) is 0 Å². The Bertz CT molecular complexity index is 814. The first kappa shape index (κ1) is 17.9. The monoisotopic (exact) mass is 374 g/mol. The van der Waals surface area contributed by atoms with Crippen LogP contribution < -0.4 is 5.32 Å². The van der Waals surface area contributed by atoms with Crippen LogP contribution in [0.1, 0.15) is 38.8 Å². The highest BCUT2D eigenvalue weighted by Gasteiger charge is 2.24. The number of hydrogen-bond donors (Lipinski definition) is 1. The number of aryl methyl sites for hydroxylation is 1. The molecule has 1 N–H and O–H groups in total. The number of nitrogens with zero attached hydrogens (tertiary/aromatic N) is 1. The Morgan fingerprint density at radius 2 is 2.08 bits per heavy atom. The molecule has 0 spiro atoms. The van der Waals surface area contributed by atoms with E-state index in [2.05, 4.69) is 34.5 Å². The Balaban J connectivity index is 1.81. The maximum atomic E-state index is 12.2. The van der Waals surface area contributed by atoms with Gasteiger partial charge in [0, 0.05) is 18.0 Å². The first-order valence-corrected chi connectivity index (χ1v) is 9.60. The maximum absolute atomic E-state index is 12.2. The fourth-order valence-electron chi connectivity index (χ4n) is 3.26. The number of hydrogen-bond acceptors (Lipinski definition) is 4. The first-order valence-electron chi connectivity index (χ1n) is 8.38. The number of carbonyl (C=O) groups excluding carboxylic acids is 1. The van der Waals surface area contributed by atoms with Gasteiger partial charge < -0.3 is 15.0 Å². The molecule has 3 rings (SSSR count). The van der Waals surface area contributed by atoms with Crippen molar-refractivity contribution in [2.45, 2.75) is 33.2 Å². The summed E-state index contributed by atoms with van der Waals surface area (Å²) in [7, 11) is 1.42. The van der Waals surface area contributed by atoms with Crippen molar-refractivity contribution in [1.82, 2.24) is 4.90 Å². The van der Waals surface area contributed by atoms with Crippen molar-refractivity contribution in [3.63, 3.8) is 0 Å². The highest BCUT2D eigenvalue weighted by molar-refractivity contribution is 7.80. The molecule has 0 bridgehead atoms. The molecule has 1 aliphatic rings. The Hall–Kier alpha value is -1.92. The summed E-state index contributed by atoms with van der Waals surface area (Å²) in [6.07, 6.45) is 1.77. The molecule has 1 aromatic heterocycles. The van der Waals surface area contributed by atoms with Crippen LogP contribution in [-0.4, -0.2) is 29.6 Å². The van der Waals surface area contributed by atoms with Crippen molar-refractivity contribution >= 4 is 39.6 Å². The minimum atomic E-state index is -0.310. The molecule has 0 aliphatic carbocycles. The lowest BCUT2D eigenvalue weighted by atomic mass is 10.0. The third-order valence-electron chi connectivity index (χ3n) is 4.59. The summed E-state index contributed by atoms with van der Waals surface area (Å²) >= 11 is 7.19. The molecule has 0 atom stereocenters. The minimum Gasteiger partial charge on any atom is -0.465 e. The predicted molar refractivity (Wildman–Crippen MR) is 107 cm³/mol. The van der Waals surface area contributed by atoms with Gasteiger partial charge in [-0.15, -0.1) is 11.3 Å². The number of nitrogens with one attached hydrogen (secondary N) is 1. The number of esters is 1. The van der Waals surface area contributed by atoms with E-state index in [0.29, 0.717) is 10.7 Å². The molecule has 4 nitrogen and oxygen atoms in total. The molecule has 132 valence electrons. The van der Waals surface area contributed by atoms with Gasteiger partial charge in [-0.1, -0.05) is 31.2 Å². The van der Waals surface area contributed by atoms with E-state index in [-0.39, 0.29) is 5.97 Å². The number of anilines is 1. The average Bonchev–Trinajstić information content (AvgIpc) is 2.95. The van der Waals surface area contributed by atoms with Gasteiger partial charge in [0.1, 0.15) is 5.00 Å². The largest absolute Gasteiger partial charge is 0.465 e. The number of ether oxygens (including phenoxy) is 1. The topological polar surface area (TPSA) is 41.6 Å². The van der Waals surface area contributed by atoms with E-state index in [9.17, 15) is 4.79 Å². The molecule has 0 fully saturated rings. The smallest absolute Gasteiger partial charge is 0.341 e. The summed E-state index contributed by atoms with van der Waals surface area (Å²) in [4.78, 5) is 15.5. The summed E-state index contributed by atoms with van der Waals surface area (Å²) in [5.41, 5.74) is 4.35. The average molecular weight is 375 g/mol. The van der Waals surface area contributed by atoms with Crippen molar-refractivity contribution in [2.75, 3.05) is 19.0 Å². The van der Waals surface area contributed by atoms with Crippen LogP contribution in [0.2, 0.25) is 0 Å². The second-order valence-electron chi connectivity index (χ2n) is 6.06. The first-order chi connectivity index (χ1) is 12.0. The van der Waals surface area contributed by atoms with Crippen molar-refractivity contribution in [3.8, 4) is 0 Å². The second kappa shape index (κ2) is 7.54. The second-order valence-corrected chi connectivity index (χ2v) is 7.67. The van der Waals surface area contributed by atoms with E-state index in [0.717, 1.165) is 41.4 Å². The predicted octanol–water partition coefficient (Wildman–Crippen LogP) is 4.16. The van der Waals surface area contributed by atoms with Gasteiger partial charge in [-0.05, 0) is 48.7 Å². The third-order valence-corrected chi connectivity index (χ3v) is 6.01. The Labute approximate surface area is 157 Å². The SMILES string of the molecule is CCc1c(C)sc(NC(=S)N2CCc3ccccc3C2)c1C(=O)OC. The number of benzene rings is 1. The third kappa shape index (κ3) is 3.55. The van der Waals surface area contributed by atoms with E-state index < -0.39 is 0 Å². The van der Waals surface area contributed by atoms with Gasteiger partial charge >= 0.3 is 5.97 Å². The Kier molecular flexibility index (Phi) is 5.39. The van der Waals surface area contributed by atoms with E-state index in [1.165, 1.54) is 18.2 Å². The molecular formula is C19H22N2O2S2. The van der Waals surface area contributed by atoms with Crippen LogP contribution in [-0.2, 0) is 24.1 Å². The number of thiocarbonyl (C=S) groups is 1. The zero-order valence-corrected chi connectivity index (χ0v) is 16.4. The summed E-state index contributed by atoms with van der Waals surface area (Å²) in [5, 5.41) is 4.74. The van der Waals surface area contributed by atoms with Gasteiger partial charge in [-0.25, -0.2) is 4.79 Å². The number of methoxy groups -OCH3 is 1. The molecule has 0 saturated carbocycles. The van der Waals surface area contributed by atoms with Crippen molar-refractivity contribution < 1.29 is 9.53 Å². The number of carbonyl (C=O) groups is 1. The number of rotatable bonds is 3. The van der Waals surface area contributed by atoms with E-state index >= 15 is 0 Å². The van der Waals surface area contributed by atoms with Gasteiger partial charge in [-0.2, -0.15) is 0 Å². The number of thiophene rings is 1. The van der Waals surface area contributed by atoms with Gasteiger partial charge in [0.25, 0.3) is 0 Å². The lowest BCUT2D eigenvalue weighted by molar-refractivity contribution is 0.0601. The van der Waals surface area contributed by atoms with Crippen molar-refractivity contribution in [2.24, 2.45) is 0 Å². The molecular weight excluding hydrogens is 352 g/mol. The van der Waals surface area contributed by atoms with Crippen LogP contribution >= 0.6 is 23.6 Å². The van der Waals surface area contributed by atoms with Gasteiger partial charge in [0.2, 0.25) is 0 Å². The maximum Gasteiger partial charge on any atom is 0.341 e. The summed E-state index contributed by atoms with van der Waals surface area (Å²) in [6, 6.07) is 8.46. The summed E-state index contributed by atoms with van der Waals surface area (Å²) < 4.78 is 4.98. The fourth-order valence-corrected chi connectivity index (χ4v) is 4.71. The lowest BCUT2D eigenvalue weighted by Crippen LogP contribution is -2.38. The van der Waals surface area contributed by atoms with Crippen LogP contribution in [0.4, 0.5) is 5.00 Å². The van der Waals surface area contributed by atoms with E-state index in [4.69, 9.17) is 17.0 Å². The van der Waals surface area contributed by atoms with Crippen LogP contribution in [0.3, 0.4) is 0 Å².